The fraction of sp³-hybridized carbons (Fsp3) is 0.0667. The molecule has 0 spiro atoms. The van der Waals surface area contributed by atoms with E-state index >= 15 is 0 Å². The molecular weight excluding hydrogens is 252 g/mol. The highest BCUT2D eigenvalue weighted by molar-refractivity contribution is 5.73. The van der Waals surface area contributed by atoms with E-state index in [1.807, 2.05) is 28.8 Å². The Labute approximate surface area is 116 Å². The van der Waals surface area contributed by atoms with Crippen LogP contribution in [-0.2, 0) is 0 Å². The SMILES string of the molecule is COc1cccc(-n2cncc2-c2cnccc2N)c1. The van der Waals surface area contributed by atoms with Gasteiger partial charge in [-0.15, -0.1) is 0 Å². The van der Waals surface area contributed by atoms with Gasteiger partial charge in [0.05, 0.1) is 31.0 Å². The second-order valence-corrected chi connectivity index (χ2v) is 4.31. The van der Waals surface area contributed by atoms with E-state index in [0.29, 0.717) is 5.69 Å². The molecule has 0 saturated carbocycles. The maximum Gasteiger partial charge on any atom is 0.120 e. The number of methoxy groups -OCH3 is 1. The number of nitrogens with zero attached hydrogens (tertiary/aromatic N) is 3. The van der Waals surface area contributed by atoms with Crippen LogP contribution in [-0.4, -0.2) is 21.6 Å². The molecule has 20 heavy (non-hydrogen) atoms. The first-order chi connectivity index (χ1) is 9.79. The van der Waals surface area contributed by atoms with Crippen molar-refractivity contribution in [2.45, 2.75) is 0 Å². The van der Waals surface area contributed by atoms with Gasteiger partial charge in [-0.25, -0.2) is 4.98 Å². The van der Waals surface area contributed by atoms with Gasteiger partial charge in [0, 0.05) is 29.7 Å². The molecule has 5 heteroatoms. The van der Waals surface area contributed by atoms with Crippen LogP contribution in [0.15, 0.2) is 55.2 Å². The number of benzene rings is 1. The van der Waals surface area contributed by atoms with Crippen LogP contribution in [0.5, 0.6) is 5.75 Å². The van der Waals surface area contributed by atoms with Crippen LogP contribution in [0, 0.1) is 0 Å². The Bertz CT molecular complexity index is 736. The zero-order chi connectivity index (χ0) is 13.9. The monoisotopic (exact) mass is 266 g/mol. The first-order valence-corrected chi connectivity index (χ1v) is 6.16. The maximum atomic E-state index is 6.01. The Hall–Kier alpha value is -2.82. The summed E-state index contributed by atoms with van der Waals surface area (Å²) in [4.78, 5) is 8.33. The second kappa shape index (κ2) is 5.05. The number of hydrogen-bond acceptors (Lipinski definition) is 4. The smallest absolute Gasteiger partial charge is 0.120 e. The predicted molar refractivity (Wildman–Crippen MR) is 77.8 cm³/mol. The Balaban J connectivity index is 2.13. The molecule has 0 amide bonds. The van der Waals surface area contributed by atoms with E-state index in [1.54, 1.807) is 38.1 Å². The Morgan fingerprint density at radius 2 is 2.05 bits per heavy atom. The molecule has 0 saturated heterocycles. The summed E-state index contributed by atoms with van der Waals surface area (Å²) in [5, 5.41) is 0. The summed E-state index contributed by atoms with van der Waals surface area (Å²) in [5.74, 6) is 0.793. The van der Waals surface area contributed by atoms with Crippen molar-refractivity contribution in [3.63, 3.8) is 0 Å². The molecule has 3 rings (SSSR count). The number of hydrogen-bond donors (Lipinski definition) is 1. The van der Waals surface area contributed by atoms with Crippen molar-refractivity contribution in [2.75, 3.05) is 12.8 Å². The van der Waals surface area contributed by atoms with Gasteiger partial charge < -0.3 is 10.5 Å². The van der Waals surface area contributed by atoms with Gasteiger partial charge in [0.1, 0.15) is 5.75 Å². The molecule has 0 radical (unpaired) electrons. The quantitative estimate of drug-likeness (QED) is 0.791. The second-order valence-electron chi connectivity index (χ2n) is 4.31. The van der Waals surface area contributed by atoms with Gasteiger partial charge in [0.2, 0.25) is 0 Å². The third kappa shape index (κ3) is 2.09. The molecule has 1 aromatic carbocycles. The number of nitrogen functional groups attached to an aromatic ring is 1. The topological polar surface area (TPSA) is 66.0 Å². The molecule has 3 aromatic rings. The van der Waals surface area contributed by atoms with Crippen molar-refractivity contribution in [3.05, 3.63) is 55.2 Å². The van der Waals surface area contributed by atoms with E-state index in [9.17, 15) is 0 Å². The van der Waals surface area contributed by atoms with Crippen LogP contribution in [0.4, 0.5) is 5.69 Å². The molecule has 2 N–H and O–H groups in total. The van der Waals surface area contributed by atoms with Gasteiger partial charge in [-0.1, -0.05) is 6.07 Å². The number of rotatable bonds is 3. The first kappa shape index (κ1) is 12.2. The average Bonchev–Trinajstić information content (AvgIpc) is 2.97. The average molecular weight is 266 g/mol. The minimum absolute atomic E-state index is 0.671. The molecule has 0 atom stereocenters. The molecule has 0 fully saturated rings. The Kier molecular flexibility index (Phi) is 3.09. The van der Waals surface area contributed by atoms with E-state index in [4.69, 9.17) is 10.5 Å². The van der Waals surface area contributed by atoms with E-state index in [1.165, 1.54) is 0 Å². The lowest BCUT2D eigenvalue weighted by atomic mass is 10.2. The maximum absolute atomic E-state index is 6.01. The van der Waals surface area contributed by atoms with Gasteiger partial charge in [-0.2, -0.15) is 0 Å². The van der Waals surface area contributed by atoms with Crippen LogP contribution in [0.25, 0.3) is 16.9 Å². The fourth-order valence-electron chi connectivity index (χ4n) is 2.08. The van der Waals surface area contributed by atoms with Crippen LogP contribution in [0.3, 0.4) is 0 Å². The number of imidazole rings is 1. The largest absolute Gasteiger partial charge is 0.497 e. The van der Waals surface area contributed by atoms with Crippen molar-refractivity contribution in [1.82, 2.24) is 14.5 Å². The van der Waals surface area contributed by atoms with Crippen molar-refractivity contribution in [3.8, 4) is 22.7 Å². The van der Waals surface area contributed by atoms with Gasteiger partial charge >= 0.3 is 0 Å². The zero-order valence-corrected chi connectivity index (χ0v) is 11.0. The summed E-state index contributed by atoms with van der Waals surface area (Å²) in [5.41, 5.74) is 9.39. The normalized spacial score (nSPS) is 10.4. The van der Waals surface area contributed by atoms with Crippen molar-refractivity contribution in [1.29, 1.82) is 0 Å². The van der Waals surface area contributed by atoms with Crippen LogP contribution in [0.2, 0.25) is 0 Å². The zero-order valence-electron chi connectivity index (χ0n) is 11.0. The molecule has 0 unspecified atom stereocenters. The standard InChI is InChI=1S/C15H14N4O/c1-20-12-4-2-3-11(7-12)19-10-18-9-15(19)13-8-17-6-5-14(13)16/h2-10H,1H3,(H2,16,17). The molecule has 2 heterocycles. The molecule has 0 bridgehead atoms. The number of anilines is 1. The molecule has 0 aliphatic rings. The lowest BCUT2D eigenvalue weighted by Crippen LogP contribution is -1.98. The Morgan fingerprint density at radius 3 is 2.85 bits per heavy atom. The lowest BCUT2D eigenvalue weighted by Gasteiger charge is -2.10. The predicted octanol–water partition coefficient (Wildman–Crippen LogP) is 2.53. The molecule has 2 aromatic heterocycles. The summed E-state index contributed by atoms with van der Waals surface area (Å²) in [6, 6.07) is 9.54. The van der Waals surface area contributed by atoms with Crippen molar-refractivity contribution < 1.29 is 4.74 Å². The minimum Gasteiger partial charge on any atom is -0.497 e. The van der Waals surface area contributed by atoms with E-state index < -0.39 is 0 Å². The van der Waals surface area contributed by atoms with Gasteiger partial charge in [-0.05, 0) is 18.2 Å². The van der Waals surface area contributed by atoms with Gasteiger partial charge in [0.15, 0.2) is 0 Å². The minimum atomic E-state index is 0.671. The van der Waals surface area contributed by atoms with Gasteiger partial charge in [0.25, 0.3) is 0 Å². The van der Waals surface area contributed by atoms with Crippen LogP contribution in [0.1, 0.15) is 0 Å². The first-order valence-electron chi connectivity index (χ1n) is 6.16. The van der Waals surface area contributed by atoms with E-state index in [0.717, 1.165) is 22.7 Å². The molecule has 100 valence electrons. The number of ether oxygens (including phenoxy) is 1. The number of aromatic nitrogens is 3. The highest BCUT2D eigenvalue weighted by Gasteiger charge is 2.10. The third-order valence-corrected chi connectivity index (χ3v) is 3.10. The third-order valence-electron chi connectivity index (χ3n) is 3.10. The summed E-state index contributed by atoms with van der Waals surface area (Å²) in [7, 11) is 1.65. The highest BCUT2D eigenvalue weighted by Crippen LogP contribution is 2.27. The number of nitrogens with two attached hydrogens (primary N) is 1. The summed E-state index contributed by atoms with van der Waals surface area (Å²) < 4.78 is 7.21. The fourth-order valence-corrected chi connectivity index (χ4v) is 2.08. The summed E-state index contributed by atoms with van der Waals surface area (Å²) in [6.45, 7) is 0. The molecule has 5 nitrogen and oxygen atoms in total. The van der Waals surface area contributed by atoms with E-state index in [2.05, 4.69) is 9.97 Å². The number of pyridine rings is 1. The molecule has 0 aliphatic carbocycles. The van der Waals surface area contributed by atoms with Crippen molar-refractivity contribution >= 4 is 5.69 Å². The van der Waals surface area contributed by atoms with Crippen molar-refractivity contribution in [2.24, 2.45) is 0 Å². The highest BCUT2D eigenvalue weighted by atomic mass is 16.5. The van der Waals surface area contributed by atoms with Crippen LogP contribution < -0.4 is 10.5 Å². The summed E-state index contributed by atoms with van der Waals surface area (Å²) >= 11 is 0. The molecule has 0 aliphatic heterocycles. The van der Waals surface area contributed by atoms with Crippen LogP contribution >= 0.6 is 0 Å². The Morgan fingerprint density at radius 1 is 1.15 bits per heavy atom. The van der Waals surface area contributed by atoms with Gasteiger partial charge in [-0.3, -0.25) is 9.55 Å². The summed E-state index contributed by atoms with van der Waals surface area (Å²) in [6.07, 6.45) is 6.93. The molecular formula is C15H14N4O. The lowest BCUT2D eigenvalue weighted by molar-refractivity contribution is 0.414. The van der Waals surface area contributed by atoms with E-state index in [-0.39, 0.29) is 0 Å².